The number of nitrogens with zero attached hydrogens (tertiary/aromatic N) is 2. The van der Waals surface area contributed by atoms with Gasteiger partial charge in [-0.25, -0.2) is 0 Å². The van der Waals surface area contributed by atoms with Gasteiger partial charge in [-0.1, -0.05) is 48.1 Å². The summed E-state index contributed by atoms with van der Waals surface area (Å²) < 4.78 is 0. The molecule has 0 aromatic heterocycles. The topological polar surface area (TPSA) is 61.8 Å². The van der Waals surface area contributed by atoms with E-state index in [1.165, 1.54) is 5.57 Å². The molecule has 0 saturated heterocycles. The number of hydrogen-bond donors (Lipinski definition) is 1. The van der Waals surface area contributed by atoms with Crippen molar-refractivity contribution < 1.29 is 4.79 Å². The van der Waals surface area contributed by atoms with Gasteiger partial charge in [0.15, 0.2) is 0 Å². The number of hydrogen-bond acceptors (Lipinski definition) is 5. The molecule has 0 heterocycles. The number of nitroso groups, excluding NO2 is 1. The first-order valence-electron chi connectivity index (χ1n) is 7.50. The molecule has 0 fully saturated rings. The van der Waals surface area contributed by atoms with E-state index in [1.54, 1.807) is 0 Å². The Bertz CT molecular complexity index is 402. The van der Waals surface area contributed by atoms with Crippen molar-refractivity contribution in [3.63, 3.8) is 0 Å². The zero-order valence-electron chi connectivity index (χ0n) is 12.7. The second-order valence-corrected chi connectivity index (χ2v) is 5.07. The third-order valence-electron chi connectivity index (χ3n) is 3.49. The second-order valence-electron chi connectivity index (χ2n) is 5.07. The van der Waals surface area contributed by atoms with Gasteiger partial charge in [0.25, 0.3) is 0 Å². The fraction of sp³-hybridized carbons (Fsp3) is 0.562. The van der Waals surface area contributed by atoms with Crippen molar-refractivity contribution in [3.8, 4) is 0 Å². The Morgan fingerprint density at radius 1 is 1.43 bits per heavy atom. The van der Waals surface area contributed by atoms with Crippen LogP contribution in [0.2, 0.25) is 0 Å². The molecule has 0 aromatic rings. The van der Waals surface area contributed by atoms with Crippen LogP contribution in [0.4, 0.5) is 0 Å². The van der Waals surface area contributed by atoms with Gasteiger partial charge < -0.3 is 15.0 Å². The highest BCUT2D eigenvalue weighted by molar-refractivity contribution is 5.51. The van der Waals surface area contributed by atoms with Crippen LogP contribution in [0.1, 0.15) is 19.8 Å². The highest BCUT2D eigenvalue weighted by Gasteiger charge is 2.13. The third kappa shape index (κ3) is 7.68. The molecule has 1 unspecified atom stereocenters. The minimum atomic E-state index is -0.312. The molecule has 0 saturated carbocycles. The average Bonchev–Trinajstić information content (AvgIpc) is 2.78. The predicted molar refractivity (Wildman–Crippen MR) is 86.2 cm³/mol. The van der Waals surface area contributed by atoms with Gasteiger partial charge in [-0.05, 0) is 19.4 Å². The molecule has 5 nitrogen and oxygen atoms in total. The Morgan fingerprint density at radius 3 is 3.00 bits per heavy atom. The maximum absolute atomic E-state index is 10.9. The summed E-state index contributed by atoms with van der Waals surface area (Å²) in [6, 6.07) is -0.312. The lowest BCUT2D eigenvalue weighted by atomic mass is 10.1. The zero-order chi connectivity index (χ0) is 15.3. The first-order valence-corrected chi connectivity index (χ1v) is 7.50. The van der Waals surface area contributed by atoms with E-state index in [-0.39, 0.29) is 12.6 Å². The summed E-state index contributed by atoms with van der Waals surface area (Å²) in [5.41, 5.74) is 1.40. The third-order valence-corrected chi connectivity index (χ3v) is 3.49. The lowest BCUT2D eigenvalue weighted by molar-refractivity contribution is -0.107. The molecular formula is C16H25N3O2. The lowest BCUT2D eigenvalue weighted by Crippen LogP contribution is -2.38. The minimum Gasteiger partial charge on any atom is -0.308 e. The predicted octanol–water partition coefficient (Wildman–Crippen LogP) is 2.06. The van der Waals surface area contributed by atoms with Crippen LogP contribution in [0.5, 0.6) is 0 Å². The molecule has 0 radical (unpaired) electrons. The SMILES string of the molecule is CCN(CCC1=CC=CC=CC1)CC(CNCC=O)N=O. The summed E-state index contributed by atoms with van der Waals surface area (Å²) in [6.07, 6.45) is 13.3. The summed E-state index contributed by atoms with van der Waals surface area (Å²) in [7, 11) is 0. The largest absolute Gasteiger partial charge is 0.308 e. The fourth-order valence-corrected chi connectivity index (χ4v) is 2.23. The normalized spacial score (nSPS) is 15.6. The number of rotatable bonds is 11. The summed E-state index contributed by atoms with van der Waals surface area (Å²) >= 11 is 0. The van der Waals surface area contributed by atoms with Gasteiger partial charge in [0, 0.05) is 19.6 Å². The van der Waals surface area contributed by atoms with Crippen LogP contribution in [0.15, 0.2) is 41.1 Å². The number of likely N-dealkylation sites (N-methyl/N-ethyl adjacent to an activating group) is 1. The molecule has 1 N–H and O–H groups in total. The first-order chi connectivity index (χ1) is 10.3. The molecular weight excluding hydrogens is 266 g/mol. The van der Waals surface area contributed by atoms with Gasteiger partial charge in [-0.2, -0.15) is 4.91 Å². The monoisotopic (exact) mass is 291 g/mol. The van der Waals surface area contributed by atoms with Gasteiger partial charge in [0.05, 0.1) is 6.54 Å². The van der Waals surface area contributed by atoms with Crippen LogP contribution < -0.4 is 5.32 Å². The van der Waals surface area contributed by atoms with Crippen LogP contribution in [0.3, 0.4) is 0 Å². The Kier molecular flexibility index (Phi) is 9.24. The molecule has 1 aliphatic rings. The number of aldehydes is 1. The van der Waals surface area contributed by atoms with Crippen molar-refractivity contribution in [1.82, 2.24) is 10.2 Å². The van der Waals surface area contributed by atoms with Crippen molar-refractivity contribution in [2.75, 3.05) is 32.7 Å². The maximum atomic E-state index is 10.9. The number of nitrogens with one attached hydrogen (secondary N) is 1. The average molecular weight is 291 g/mol. The van der Waals surface area contributed by atoms with Crippen molar-refractivity contribution >= 4 is 6.29 Å². The standard InChI is InChI=1S/C16H25N3O2/c1-2-19(14-16(18-21)13-17-10-12-20)11-9-15-7-5-3-4-6-8-15/h3-7,12,16-17H,2,8-11,13-14H2,1H3. The maximum Gasteiger partial charge on any atom is 0.133 e. The van der Waals surface area contributed by atoms with Crippen molar-refractivity contribution in [2.24, 2.45) is 5.18 Å². The Labute approximate surface area is 126 Å². The van der Waals surface area contributed by atoms with Crippen molar-refractivity contribution in [2.45, 2.75) is 25.8 Å². The second kappa shape index (κ2) is 11.1. The highest BCUT2D eigenvalue weighted by Crippen LogP contribution is 2.12. The van der Waals surface area contributed by atoms with E-state index in [2.05, 4.69) is 46.6 Å². The summed E-state index contributed by atoms with van der Waals surface area (Å²) in [4.78, 5) is 23.4. The quantitative estimate of drug-likeness (QED) is 0.359. The molecule has 1 rings (SSSR count). The van der Waals surface area contributed by atoms with E-state index in [0.717, 1.165) is 32.2 Å². The molecule has 0 aliphatic heterocycles. The number of carbonyl (C=O) groups excluding carboxylic acids is 1. The van der Waals surface area contributed by atoms with Gasteiger partial charge >= 0.3 is 0 Å². The molecule has 21 heavy (non-hydrogen) atoms. The Hall–Kier alpha value is -1.59. The highest BCUT2D eigenvalue weighted by atomic mass is 16.3. The number of carbonyl (C=O) groups is 1. The first kappa shape index (κ1) is 17.5. The molecule has 5 heteroatoms. The summed E-state index contributed by atoms with van der Waals surface area (Å²) in [6.45, 7) is 5.24. The van der Waals surface area contributed by atoms with E-state index in [4.69, 9.17) is 0 Å². The van der Waals surface area contributed by atoms with Gasteiger partial charge in [0.2, 0.25) is 0 Å². The van der Waals surface area contributed by atoms with Crippen LogP contribution in [-0.2, 0) is 4.79 Å². The molecule has 0 bridgehead atoms. The van der Waals surface area contributed by atoms with Crippen molar-refractivity contribution in [1.29, 1.82) is 0 Å². The van der Waals surface area contributed by atoms with Crippen LogP contribution >= 0.6 is 0 Å². The van der Waals surface area contributed by atoms with Crippen LogP contribution in [-0.4, -0.2) is 50.0 Å². The van der Waals surface area contributed by atoms with Crippen LogP contribution in [0.25, 0.3) is 0 Å². The fourth-order valence-electron chi connectivity index (χ4n) is 2.23. The molecule has 0 spiro atoms. The lowest BCUT2D eigenvalue weighted by Gasteiger charge is -2.23. The van der Waals surface area contributed by atoms with Gasteiger partial charge in [0.1, 0.15) is 12.3 Å². The molecule has 1 atom stereocenters. The smallest absolute Gasteiger partial charge is 0.133 e. The van der Waals surface area contributed by atoms with E-state index in [0.29, 0.717) is 13.1 Å². The summed E-state index contributed by atoms with van der Waals surface area (Å²) in [5.74, 6) is 0. The summed E-state index contributed by atoms with van der Waals surface area (Å²) in [5, 5.41) is 6.06. The van der Waals surface area contributed by atoms with E-state index in [9.17, 15) is 9.70 Å². The number of allylic oxidation sites excluding steroid dienone is 5. The molecule has 0 amide bonds. The van der Waals surface area contributed by atoms with E-state index in [1.807, 2.05) is 6.08 Å². The molecule has 116 valence electrons. The van der Waals surface area contributed by atoms with Crippen molar-refractivity contribution in [3.05, 3.63) is 40.9 Å². The van der Waals surface area contributed by atoms with E-state index >= 15 is 0 Å². The van der Waals surface area contributed by atoms with Crippen LogP contribution in [0, 0.1) is 4.91 Å². The molecule has 1 aliphatic carbocycles. The molecule has 0 aromatic carbocycles. The Morgan fingerprint density at radius 2 is 2.29 bits per heavy atom. The van der Waals surface area contributed by atoms with Gasteiger partial charge in [-0.3, -0.25) is 0 Å². The van der Waals surface area contributed by atoms with Gasteiger partial charge in [-0.15, -0.1) is 0 Å². The zero-order valence-corrected chi connectivity index (χ0v) is 12.7. The van der Waals surface area contributed by atoms with E-state index < -0.39 is 0 Å². The minimum absolute atomic E-state index is 0.268. The Balaban J connectivity index is 2.37.